The number of hydrogen-bond donors (Lipinski definition) is 2. The Morgan fingerprint density at radius 1 is 1.24 bits per heavy atom. The summed E-state index contributed by atoms with van der Waals surface area (Å²) in [7, 11) is 0. The number of halogens is 3. The highest BCUT2D eigenvalue weighted by Crippen LogP contribution is 2.26. The van der Waals surface area contributed by atoms with E-state index in [0.29, 0.717) is 0 Å². The van der Waals surface area contributed by atoms with Crippen LogP contribution in [0.3, 0.4) is 0 Å². The number of carbonyl (C=O) groups is 1. The van der Waals surface area contributed by atoms with Gasteiger partial charge in [-0.3, -0.25) is 4.79 Å². The molecule has 2 N–H and O–H groups in total. The second-order valence-corrected chi connectivity index (χ2v) is 4.53. The number of nitrogens with one attached hydrogen (secondary N) is 1. The van der Waals surface area contributed by atoms with Crippen molar-refractivity contribution in [3.63, 3.8) is 0 Å². The molecule has 17 heavy (non-hydrogen) atoms. The van der Waals surface area contributed by atoms with Crippen molar-refractivity contribution in [2.24, 2.45) is 5.92 Å². The summed E-state index contributed by atoms with van der Waals surface area (Å²) >= 11 is 0. The Hall–Kier alpha value is -0.780. The van der Waals surface area contributed by atoms with Crippen LogP contribution in [0, 0.1) is 5.92 Å². The Bertz CT molecular complexity index is 248. The van der Waals surface area contributed by atoms with Gasteiger partial charge in [0.25, 0.3) is 0 Å². The van der Waals surface area contributed by atoms with Gasteiger partial charge in [-0.25, -0.2) is 0 Å². The third-order valence-corrected chi connectivity index (χ3v) is 3.16. The molecule has 0 aliphatic heterocycles. The molecule has 6 heteroatoms. The van der Waals surface area contributed by atoms with Gasteiger partial charge >= 0.3 is 12.1 Å². The first kappa shape index (κ1) is 14.3. The van der Waals surface area contributed by atoms with E-state index in [4.69, 9.17) is 5.11 Å². The molecule has 1 fully saturated rings. The van der Waals surface area contributed by atoms with Gasteiger partial charge in [-0.05, 0) is 12.8 Å². The summed E-state index contributed by atoms with van der Waals surface area (Å²) in [5, 5.41) is 11.3. The van der Waals surface area contributed by atoms with Crippen LogP contribution in [0.2, 0.25) is 0 Å². The summed E-state index contributed by atoms with van der Waals surface area (Å²) in [4.78, 5) is 10.5. The monoisotopic (exact) mass is 253 g/mol. The van der Waals surface area contributed by atoms with E-state index >= 15 is 0 Å². The molecular formula is C11H18F3NO2. The predicted molar refractivity (Wildman–Crippen MR) is 56.7 cm³/mol. The molecule has 1 saturated carbocycles. The van der Waals surface area contributed by atoms with Crippen molar-refractivity contribution < 1.29 is 23.1 Å². The van der Waals surface area contributed by atoms with Crippen molar-refractivity contribution in [3.8, 4) is 0 Å². The van der Waals surface area contributed by atoms with E-state index < -0.39 is 24.6 Å². The van der Waals surface area contributed by atoms with Crippen LogP contribution in [0.5, 0.6) is 0 Å². The maximum Gasteiger partial charge on any atom is 0.403 e. The van der Waals surface area contributed by atoms with Crippen LogP contribution >= 0.6 is 0 Å². The van der Waals surface area contributed by atoms with Gasteiger partial charge in [0.1, 0.15) is 0 Å². The average molecular weight is 253 g/mol. The largest absolute Gasteiger partial charge is 0.481 e. The zero-order valence-electron chi connectivity index (χ0n) is 9.59. The lowest BCUT2D eigenvalue weighted by Crippen LogP contribution is -2.42. The van der Waals surface area contributed by atoms with E-state index in [-0.39, 0.29) is 6.04 Å². The highest BCUT2D eigenvalue weighted by atomic mass is 19.4. The minimum atomic E-state index is -4.68. The van der Waals surface area contributed by atoms with Crippen molar-refractivity contribution in [3.05, 3.63) is 0 Å². The molecule has 0 radical (unpaired) electrons. The molecule has 0 heterocycles. The van der Waals surface area contributed by atoms with Gasteiger partial charge in [0.2, 0.25) is 0 Å². The SMILES string of the molecule is O=C(O)C(CNC1CCCCCC1)C(F)(F)F. The zero-order valence-corrected chi connectivity index (χ0v) is 9.59. The molecule has 0 bridgehead atoms. The lowest BCUT2D eigenvalue weighted by molar-refractivity contribution is -0.192. The third-order valence-electron chi connectivity index (χ3n) is 3.16. The molecule has 0 aromatic carbocycles. The number of aliphatic carboxylic acids is 1. The van der Waals surface area contributed by atoms with Crippen LogP contribution in [0.15, 0.2) is 0 Å². The first-order chi connectivity index (χ1) is 7.91. The van der Waals surface area contributed by atoms with Crippen LogP contribution in [-0.4, -0.2) is 29.8 Å². The van der Waals surface area contributed by atoms with Crippen LogP contribution in [0.25, 0.3) is 0 Å². The van der Waals surface area contributed by atoms with Gasteiger partial charge < -0.3 is 10.4 Å². The average Bonchev–Trinajstić information content (AvgIpc) is 2.43. The van der Waals surface area contributed by atoms with Crippen molar-refractivity contribution in [1.82, 2.24) is 5.32 Å². The maximum atomic E-state index is 12.4. The Morgan fingerprint density at radius 3 is 2.18 bits per heavy atom. The standard InChI is InChI=1S/C11H18F3NO2/c12-11(13,14)9(10(16)17)7-15-8-5-3-1-2-4-6-8/h8-9,15H,1-7H2,(H,16,17). The lowest BCUT2D eigenvalue weighted by Gasteiger charge is -2.21. The number of rotatable bonds is 4. The molecule has 1 aliphatic carbocycles. The van der Waals surface area contributed by atoms with E-state index in [9.17, 15) is 18.0 Å². The third kappa shape index (κ3) is 4.93. The van der Waals surface area contributed by atoms with Crippen LogP contribution < -0.4 is 5.32 Å². The summed E-state index contributed by atoms with van der Waals surface area (Å²) in [6.45, 7) is -0.524. The lowest BCUT2D eigenvalue weighted by atomic mass is 10.1. The number of carboxylic acids is 1. The van der Waals surface area contributed by atoms with Crippen molar-refractivity contribution in [2.75, 3.05) is 6.54 Å². The van der Waals surface area contributed by atoms with E-state index in [1.165, 1.54) is 0 Å². The Labute approximate surface area is 98.4 Å². The predicted octanol–water partition coefficient (Wildman–Crippen LogP) is 2.56. The van der Waals surface area contributed by atoms with Gasteiger partial charge in [0, 0.05) is 12.6 Å². The second-order valence-electron chi connectivity index (χ2n) is 4.53. The minimum Gasteiger partial charge on any atom is -0.481 e. The summed E-state index contributed by atoms with van der Waals surface area (Å²) in [6, 6.07) is 0.0294. The maximum absolute atomic E-state index is 12.4. The smallest absolute Gasteiger partial charge is 0.403 e. The molecule has 0 aromatic rings. The molecule has 1 atom stereocenters. The summed E-state index contributed by atoms with van der Waals surface area (Å²) in [5.74, 6) is -4.11. The van der Waals surface area contributed by atoms with Crippen LogP contribution in [0.1, 0.15) is 38.5 Å². The minimum absolute atomic E-state index is 0.0294. The van der Waals surface area contributed by atoms with Gasteiger partial charge in [0.15, 0.2) is 5.92 Å². The molecule has 1 rings (SSSR count). The highest BCUT2D eigenvalue weighted by Gasteiger charge is 2.44. The molecular weight excluding hydrogens is 235 g/mol. The van der Waals surface area contributed by atoms with Crippen molar-refractivity contribution >= 4 is 5.97 Å². The van der Waals surface area contributed by atoms with Crippen molar-refractivity contribution in [1.29, 1.82) is 0 Å². The van der Waals surface area contributed by atoms with Crippen molar-refractivity contribution in [2.45, 2.75) is 50.7 Å². The van der Waals surface area contributed by atoms with E-state index in [1.807, 2.05) is 0 Å². The highest BCUT2D eigenvalue weighted by molar-refractivity contribution is 5.71. The number of hydrogen-bond acceptors (Lipinski definition) is 2. The van der Waals surface area contributed by atoms with Crippen LogP contribution in [-0.2, 0) is 4.79 Å². The fourth-order valence-electron chi connectivity index (χ4n) is 2.11. The molecule has 0 spiro atoms. The Morgan fingerprint density at radius 2 is 1.76 bits per heavy atom. The molecule has 100 valence electrons. The topological polar surface area (TPSA) is 49.3 Å². The molecule has 0 saturated heterocycles. The first-order valence-corrected chi connectivity index (χ1v) is 5.94. The Kier molecular flexibility index (Phi) is 5.24. The molecule has 0 aromatic heterocycles. The van der Waals surface area contributed by atoms with Crippen LogP contribution in [0.4, 0.5) is 13.2 Å². The normalized spacial score (nSPS) is 20.9. The fourth-order valence-corrected chi connectivity index (χ4v) is 2.11. The number of alkyl halides is 3. The van der Waals surface area contributed by atoms with E-state index in [2.05, 4.69) is 5.32 Å². The van der Waals surface area contributed by atoms with E-state index in [0.717, 1.165) is 38.5 Å². The first-order valence-electron chi connectivity index (χ1n) is 5.94. The summed E-state index contributed by atoms with van der Waals surface area (Å²) < 4.78 is 37.2. The zero-order chi connectivity index (χ0) is 12.9. The summed E-state index contributed by atoms with van der Waals surface area (Å²) in [5.41, 5.74) is 0. The molecule has 1 aliphatic rings. The van der Waals surface area contributed by atoms with Gasteiger partial charge in [-0.2, -0.15) is 13.2 Å². The van der Waals surface area contributed by atoms with E-state index in [1.54, 1.807) is 0 Å². The van der Waals surface area contributed by atoms with Gasteiger partial charge in [-0.15, -0.1) is 0 Å². The molecule has 0 amide bonds. The molecule has 1 unspecified atom stereocenters. The molecule has 3 nitrogen and oxygen atoms in total. The second kappa shape index (κ2) is 6.23. The quantitative estimate of drug-likeness (QED) is 0.757. The summed E-state index contributed by atoms with van der Waals surface area (Å²) in [6.07, 6.45) is 1.22. The van der Waals surface area contributed by atoms with Gasteiger partial charge in [-0.1, -0.05) is 25.7 Å². The Balaban J connectivity index is 2.43. The number of carboxylic acid groups (broad SMARTS) is 1. The van der Waals surface area contributed by atoms with Gasteiger partial charge in [0.05, 0.1) is 0 Å². The fraction of sp³-hybridized carbons (Fsp3) is 0.909.